The number of aromatic nitrogens is 1. The van der Waals surface area contributed by atoms with Crippen molar-refractivity contribution in [3.05, 3.63) is 58.7 Å². The average molecular weight is 400 g/mol. The number of nitrogens with zero attached hydrogens (tertiary/aromatic N) is 1. The molecular formula is C21H22ClN3OS. The molecule has 1 aromatic heterocycles. The van der Waals surface area contributed by atoms with E-state index in [-0.39, 0.29) is 5.91 Å². The van der Waals surface area contributed by atoms with Crippen LogP contribution in [-0.2, 0) is 11.2 Å². The van der Waals surface area contributed by atoms with Gasteiger partial charge in [-0.3, -0.25) is 4.79 Å². The molecule has 27 heavy (non-hydrogen) atoms. The zero-order valence-corrected chi connectivity index (χ0v) is 16.8. The zero-order valence-electron chi connectivity index (χ0n) is 15.2. The number of thioether (sulfide) groups is 1. The molecule has 6 heteroatoms. The lowest BCUT2D eigenvalue weighted by atomic mass is 10.1. The van der Waals surface area contributed by atoms with Crippen LogP contribution >= 0.6 is 23.4 Å². The number of rotatable bonds is 4. The van der Waals surface area contributed by atoms with E-state index in [4.69, 9.17) is 11.6 Å². The van der Waals surface area contributed by atoms with E-state index in [1.807, 2.05) is 61.2 Å². The van der Waals surface area contributed by atoms with Gasteiger partial charge in [0.25, 0.3) is 0 Å². The summed E-state index contributed by atoms with van der Waals surface area (Å²) in [6.45, 7) is 4.02. The van der Waals surface area contributed by atoms with E-state index >= 15 is 0 Å². The number of hydrogen-bond donors (Lipinski definition) is 2. The van der Waals surface area contributed by atoms with Gasteiger partial charge < -0.3 is 15.2 Å². The van der Waals surface area contributed by atoms with Crippen molar-refractivity contribution in [3.8, 4) is 0 Å². The number of fused-ring (bicyclic) bond motifs is 1. The molecule has 0 saturated carbocycles. The van der Waals surface area contributed by atoms with E-state index in [1.54, 1.807) is 0 Å². The summed E-state index contributed by atoms with van der Waals surface area (Å²) < 4.78 is 0. The molecule has 0 aliphatic carbocycles. The summed E-state index contributed by atoms with van der Waals surface area (Å²) >= 11 is 8.46. The first-order chi connectivity index (χ1) is 13.1. The molecule has 1 fully saturated rings. The van der Waals surface area contributed by atoms with Crippen molar-refractivity contribution < 1.29 is 4.79 Å². The fourth-order valence-corrected chi connectivity index (χ4v) is 4.78. The van der Waals surface area contributed by atoms with Gasteiger partial charge in [0.2, 0.25) is 5.91 Å². The Labute approximate surface area is 168 Å². The van der Waals surface area contributed by atoms with Gasteiger partial charge in [-0.25, -0.2) is 0 Å². The minimum Gasteiger partial charge on any atom is -0.369 e. The molecule has 0 spiro atoms. The molecule has 1 amide bonds. The van der Waals surface area contributed by atoms with E-state index in [0.29, 0.717) is 11.4 Å². The van der Waals surface area contributed by atoms with E-state index < -0.39 is 0 Å². The summed E-state index contributed by atoms with van der Waals surface area (Å²) in [5.74, 6) is 2.21. The molecule has 1 saturated heterocycles. The first kappa shape index (κ1) is 18.3. The number of aromatic amines is 1. The van der Waals surface area contributed by atoms with Crippen LogP contribution in [0.15, 0.2) is 42.5 Å². The number of carbonyl (C=O) groups is 1. The maximum absolute atomic E-state index is 12.6. The van der Waals surface area contributed by atoms with E-state index in [2.05, 4.69) is 15.2 Å². The Hall–Kier alpha value is -2.11. The quantitative estimate of drug-likeness (QED) is 0.658. The number of H-pyrrole nitrogens is 1. The number of amides is 1. The molecule has 3 aromatic rings. The summed E-state index contributed by atoms with van der Waals surface area (Å²) in [5, 5.41) is 4.77. The highest BCUT2D eigenvalue weighted by molar-refractivity contribution is 7.99. The number of nitrogens with one attached hydrogen (secondary N) is 2. The lowest BCUT2D eigenvalue weighted by molar-refractivity contribution is -0.115. The SMILES string of the molecule is Cc1[nH]c2ccccc2c1CC(=O)Nc1ccc(N2CCSCC2)c(Cl)c1. The van der Waals surface area contributed by atoms with Gasteiger partial charge in [-0.2, -0.15) is 11.8 Å². The highest BCUT2D eigenvalue weighted by Crippen LogP contribution is 2.31. The van der Waals surface area contributed by atoms with Crippen molar-refractivity contribution in [3.63, 3.8) is 0 Å². The number of anilines is 2. The zero-order chi connectivity index (χ0) is 18.8. The second kappa shape index (κ2) is 7.87. The van der Waals surface area contributed by atoms with Crippen molar-refractivity contribution in [2.75, 3.05) is 34.8 Å². The molecule has 2 aromatic carbocycles. The third kappa shape index (κ3) is 3.94. The highest BCUT2D eigenvalue weighted by atomic mass is 35.5. The Morgan fingerprint density at radius 2 is 2.00 bits per heavy atom. The van der Waals surface area contributed by atoms with Crippen molar-refractivity contribution in [2.45, 2.75) is 13.3 Å². The molecule has 1 aliphatic heterocycles. The number of aryl methyl sites for hydroxylation is 1. The number of benzene rings is 2. The normalized spacial score (nSPS) is 14.5. The topological polar surface area (TPSA) is 48.1 Å². The predicted molar refractivity (Wildman–Crippen MR) is 116 cm³/mol. The smallest absolute Gasteiger partial charge is 0.228 e. The van der Waals surface area contributed by atoms with Gasteiger partial charge in [0, 0.05) is 46.9 Å². The molecule has 140 valence electrons. The summed E-state index contributed by atoms with van der Waals surface area (Å²) in [6.07, 6.45) is 0.332. The van der Waals surface area contributed by atoms with Gasteiger partial charge in [-0.1, -0.05) is 29.8 Å². The summed E-state index contributed by atoms with van der Waals surface area (Å²) in [7, 11) is 0. The van der Waals surface area contributed by atoms with Crippen LogP contribution in [0.2, 0.25) is 5.02 Å². The lowest BCUT2D eigenvalue weighted by Crippen LogP contribution is -2.32. The molecule has 0 radical (unpaired) electrons. The first-order valence-corrected chi connectivity index (χ1v) is 10.6. The van der Waals surface area contributed by atoms with Gasteiger partial charge in [-0.15, -0.1) is 0 Å². The standard InChI is InChI=1S/C21H22ClN3OS/c1-14-17(16-4-2-3-5-19(16)23-14)13-21(26)24-15-6-7-20(18(22)12-15)25-8-10-27-11-9-25/h2-7,12,23H,8-11,13H2,1H3,(H,24,26). The Morgan fingerprint density at radius 1 is 1.22 bits per heavy atom. The highest BCUT2D eigenvalue weighted by Gasteiger charge is 2.16. The van der Waals surface area contributed by atoms with Crippen LogP contribution in [0, 0.1) is 6.92 Å². The van der Waals surface area contributed by atoms with Crippen molar-refractivity contribution in [1.29, 1.82) is 0 Å². The number of para-hydroxylation sites is 1. The summed E-state index contributed by atoms with van der Waals surface area (Å²) in [4.78, 5) is 18.2. The molecule has 0 bridgehead atoms. The van der Waals surface area contributed by atoms with Crippen LogP contribution < -0.4 is 10.2 Å². The van der Waals surface area contributed by atoms with Gasteiger partial charge in [0.05, 0.1) is 17.1 Å². The molecular weight excluding hydrogens is 378 g/mol. The van der Waals surface area contributed by atoms with E-state index in [9.17, 15) is 4.79 Å². The molecule has 4 rings (SSSR count). The second-order valence-electron chi connectivity index (χ2n) is 6.76. The molecule has 1 aliphatic rings. The van der Waals surface area contributed by atoms with Crippen LogP contribution in [0.25, 0.3) is 10.9 Å². The van der Waals surface area contributed by atoms with E-state index in [1.165, 1.54) is 0 Å². The van der Waals surface area contributed by atoms with Crippen molar-refractivity contribution >= 4 is 51.5 Å². The molecule has 2 N–H and O–H groups in total. The third-order valence-electron chi connectivity index (χ3n) is 4.95. The van der Waals surface area contributed by atoms with Crippen LogP contribution in [0.4, 0.5) is 11.4 Å². The Kier molecular flexibility index (Phi) is 5.32. The minimum atomic E-state index is -0.0407. The summed E-state index contributed by atoms with van der Waals surface area (Å²) in [5.41, 5.74) is 4.91. The molecule has 2 heterocycles. The van der Waals surface area contributed by atoms with Crippen LogP contribution in [0.3, 0.4) is 0 Å². The Bertz CT molecular complexity index is 979. The van der Waals surface area contributed by atoms with Gasteiger partial charge in [-0.05, 0) is 36.8 Å². The monoisotopic (exact) mass is 399 g/mol. The number of carbonyl (C=O) groups excluding carboxylic acids is 1. The van der Waals surface area contributed by atoms with Gasteiger partial charge >= 0.3 is 0 Å². The fraction of sp³-hybridized carbons (Fsp3) is 0.286. The maximum Gasteiger partial charge on any atom is 0.228 e. The van der Waals surface area contributed by atoms with Crippen LogP contribution in [0.1, 0.15) is 11.3 Å². The molecule has 4 nitrogen and oxygen atoms in total. The molecule has 0 atom stereocenters. The minimum absolute atomic E-state index is 0.0407. The average Bonchev–Trinajstić information content (AvgIpc) is 2.98. The summed E-state index contributed by atoms with van der Waals surface area (Å²) in [6, 6.07) is 13.8. The van der Waals surface area contributed by atoms with Crippen LogP contribution in [0.5, 0.6) is 0 Å². The largest absolute Gasteiger partial charge is 0.369 e. The third-order valence-corrected chi connectivity index (χ3v) is 6.19. The molecule has 0 unspecified atom stereocenters. The Balaban J connectivity index is 1.48. The lowest BCUT2D eigenvalue weighted by Gasteiger charge is -2.29. The van der Waals surface area contributed by atoms with Gasteiger partial charge in [0.1, 0.15) is 0 Å². The fourth-order valence-electron chi connectivity index (χ4n) is 3.57. The first-order valence-electron chi connectivity index (χ1n) is 9.10. The van der Waals surface area contributed by atoms with Gasteiger partial charge in [0.15, 0.2) is 0 Å². The Morgan fingerprint density at radius 3 is 2.78 bits per heavy atom. The van der Waals surface area contributed by atoms with Crippen molar-refractivity contribution in [1.82, 2.24) is 4.98 Å². The second-order valence-corrected chi connectivity index (χ2v) is 8.40. The van der Waals surface area contributed by atoms with E-state index in [0.717, 1.165) is 58.1 Å². The maximum atomic E-state index is 12.6. The van der Waals surface area contributed by atoms with Crippen LogP contribution in [-0.4, -0.2) is 35.5 Å². The van der Waals surface area contributed by atoms with Crippen molar-refractivity contribution in [2.24, 2.45) is 0 Å². The number of hydrogen-bond acceptors (Lipinski definition) is 3. The predicted octanol–water partition coefficient (Wildman–Crippen LogP) is 4.86. The number of halogens is 1.